The molecule has 1 atom stereocenters. The van der Waals surface area contributed by atoms with Gasteiger partial charge >= 0.3 is 0 Å². The van der Waals surface area contributed by atoms with Gasteiger partial charge in [0.15, 0.2) is 0 Å². The minimum absolute atomic E-state index is 0.125. The predicted molar refractivity (Wildman–Crippen MR) is 70.4 cm³/mol. The summed E-state index contributed by atoms with van der Waals surface area (Å²) >= 11 is 9.37. The highest BCUT2D eigenvalue weighted by Gasteiger charge is 2.05. The largest absolute Gasteiger partial charge is 0.311 e. The molecule has 1 aromatic carbocycles. The van der Waals surface area contributed by atoms with Crippen LogP contribution in [0, 0.1) is 5.82 Å². The molecule has 0 bridgehead atoms. The fourth-order valence-corrected chi connectivity index (χ4v) is 2.19. The molecule has 0 fully saturated rings. The van der Waals surface area contributed by atoms with Gasteiger partial charge in [-0.2, -0.15) is 0 Å². The molecule has 4 heteroatoms. The lowest BCUT2D eigenvalue weighted by Crippen LogP contribution is -2.23. The van der Waals surface area contributed by atoms with Gasteiger partial charge in [-0.3, -0.25) is 0 Å². The summed E-state index contributed by atoms with van der Waals surface area (Å²) in [7, 11) is 0. The zero-order chi connectivity index (χ0) is 12.0. The highest BCUT2D eigenvalue weighted by atomic mass is 79.9. The van der Waals surface area contributed by atoms with E-state index in [4.69, 9.17) is 11.6 Å². The van der Waals surface area contributed by atoms with Crippen molar-refractivity contribution in [2.75, 3.05) is 6.54 Å². The van der Waals surface area contributed by atoms with Gasteiger partial charge in [0, 0.05) is 28.5 Å². The van der Waals surface area contributed by atoms with Crippen LogP contribution >= 0.6 is 27.5 Å². The Labute approximate surface area is 110 Å². The maximum absolute atomic E-state index is 13.3. The van der Waals surface area contributed by atoms with E-state index in [1.54, 1.807) is 12.1 Å². The van der Waals surface area contributed by atoms with Crippen LogP contribution in [0.15, 0.2) is 22.7 Å². The molecule has 1 nitrogen and oxygen atoms in total. The molecule has 0 spiro atoms. The summed E-state index contributed by atoms with van der Waals surface area (Å²) < 4.78 is 14.2. The summed E-state index contributed by atoms with van der Waals surface area (Å²) in [6, 6.07) is 4.94. The highest BCUT2D eigenvalue weighted by molar-refractivity contribution is 9.10. The zero-order valence-electron chi connectivity index (χ0n) is 9.27. The maximum Gasteiger partial charge on any atom is 0.127 e. The van der Waals surface area contributed by atoms with E-state index < -0.39 is 0 Å². The number of benzene rings is 1. The van der Waals surface area contributed by atoms with Gasteiger partial charge in [0.05, 0.1) is 0 Å². The Hall–Kier alpha value is -0.120. The van der Waals surface area contributed by atoms with Gasteiger partial charge in [-0.15, -0.1) is 11.6 Å². The molecule has 0 aromatic heterocycles. The summed E-state index contributed by atoms with van der Waals surface area (Å²) in [6.45, 7) is 3.32. The third-order valence-corrected chi connectivity index (χ3v) is 3.16. The van der Waals surface area contributed by atoms with Gasteiger partial charge in [-0.1, -0.05) is 29.3 Å². The van der Waals surface area contributed by atoms with Crippen molar-refractivity contribution >= 4 is 27.5 Å². The molecule has 0 aliphatic carbocycles. The number of nitrogens with one attached hydrogen (secondary N) is 1. The van der Waals surface area contributed by atoms with Crippen molar-refractivity contribution in [2.45, 2.75) is 31.7 Å². The third-order valence-electron chi connectivity index (χ3n) is 2.29. The van der Waals surface area contributed by atoms with Crippen LogP contribution in [0.4, 0.5) is 4.39 Å². The van der Waals surface area contributed by atoms with Crippen molar-refractivity contribution in [1.82, 2.24) is 5.32 Å². The second-order valence-corrected chi connectivity index (χ2v) is 5.29. The lowest BCUT2D eigenvalue weighted by atomic mass is 10.2. The van der Waals surface area contributed by atoms with E-state index >= 15 is 0 Å². The van der Waals surface area contributed by atoms with Crippen molar-refractivity contribution in [2.24, 2.45) is 0 Å². The molecule has 1 aromatic rings. The van der Waals surface area contributed by atoms with E-state index in [1.165, 1.54) is 6.07 Å². The summed E-state index contributed by atoms with van der Waals surface area (Å²) in [4.78, 5) is 0. The Bertz CT molecular complexity index is 333. The molecular weight excluding hydrogens is 292 g/mol. The fraction of sp³-hybridized carbons (Fsp3) is 0.500. The zero-order valence-corrected chi connectivity index (χ0v) is 11.6. The number of hydrogen-bond acceptors (Lipinski definition) is 1. The summed E-state index contributed by atoms with van der Waals surface area (Å²) in [5, 5.41) is 3.29. The smallest absolute Gasteiger partial charge is 0.127 e. The minimum Gasteiger partial charge on any atom is -0.311 e. The molecule has 1 rings (SSSR count). The normalized spacial score (nSPS) is 12.8. The molecule has 1 N–H and O–H groups in total. The average molecular weight is 309 g/mol. The van der Waals surface area contributed by atoms with Crippen molar-refractivity contribution in [3.05, 3.63) is 34.1 Å². The second kappa shape index (κ2) is 7.25. The maximum atomic E-state index is 13.3. The summed E-state index contributed by atoms with van der Waals surface area (Å²) in [6.07, 6.45) is 2.05. The molecule has 0 aliphatic rings. The Morgan fingerprint density at radius 1 is 1.50 bits per heavy atom. The van der Waals surface area contributed by atoms with Crippen LogP contribution in [0.25, 0.3) is 0 Å². The van der Waals surface area contributed by atoms with Crippen LogP contribution in [0.2, 0.25) is 0 Å². The molecule has 0 saturated heterocycles. The van der Waals surface area contributed by atoms with Gasteiger partial charge in [0.25, 0.3) is 0 Å². The molecule has 0 radical (unpaired) electrons. The average Bonchev–Trinajstić information content (AvgIpc) is 2.23. The topological polar surface area (TPSA) is 12.0 Å². The quantitative estimate of drug-likeness (QED) is 0.781. The monoisotopic (exact) mass is 307 g/mol. The fourth-order valence-electron chi connectivity index (χ4n) is 1.46. The van der Waals surface area contributed by atoms with Crippen LogP contribution in [-0.2, 0) is 6.54 Å². The predicted octanol–water partition coefficient (Wildman–Crippen LogP) is 4.09. The van der Waals surface area contributed by atoms with Crippen LogP contribution in [0.5, 0.6) is 0 Å². The van der Waals surface area contributed by atoms with E-state index in [-0.39, 0.29) is 11.2 Å². The van der Waals surface area contributed by atoms with Gasteiger partial charge in [0.1, 0.15) is 5.82 Å². The number of hydrogen-bond donors (Lipinski definition) is 1. The standard InChI is InChI=1S/C12H16BrClFN/c1-2-3-11(14)8-16-7-9-6-10(13)4-5-12(9)15/h4-6,11,16H,2-3,7-8H2,1H3. The van der Waals surface area contributed by atoms with Gasteiger partial charge in [-0.05, 0) is 24.6 Å². The minimum atomic E-state index is -0.183. The van der Waals surface area contributed by atoms with E-state index in [0.29, 0.717) is 18.7 Å². The SMILES string of the molecule is CCCC(Cl)CNCc1cc(Br)ccc1F. The van der Waals surface area contributed by atoms with Crippen molar-refractivity contribution < 1.29 is 4.39 Å². The van der Waals surface area contributed by atoms with Crippen molar-refractivity contribution in [3.63, 3.8) is 0 Å². The van der Waals surface area contributed by atoms with E-state index in [9.17, 15) is 4.39 Å². The second-order valence-electron chi connectivity index (χ2n) is 3.75. The molecule has 0 heterocycles. The van der Waals surface area contributed by atoms with E-state index in [2.05, 4.69) is 28.2 Å². The number of halogens is 3. The Morgan fingerprint density at radius 3 is 2.94 bits per heavy atom. The van der Waals surface area contributed by atoms with Crippen LogP contribution < -0.4 is 5.32 Å². The summed E-state index contributed by atoms with van der Waals surface area (Å²) in [5.74, 6) is -0.183. The van der Waals surface area contributed by atoms with Crippen molar-refractivity contribution in [3.8, 4) is 0 Å². The lowest BCUT2D eigenvalue weighted by Gasteiger charge is -2.10. The Morgan fingerprint density at radius 2 is 2.25 bits per heavy atom. The Kier molecular flexibility index (Phi) is 6.32. The number of alkyl halides is 1. The molecule has 0 aliphatic heterocycles. The van der Waals surface area contributed by atoms with E-state index in [1.807, 2.05) is 0 Å². The number of rotatable bonds is 6. The van der Waals surface area contributed by atoms with Crippen LogP contribution in [0.3, 0.4) is 0 Å². The molecular formula is C12H16BrClFN. The van der Waals surface area contributed by atoms with Crippen molar-refractivity contribution in [1.29, 1.82) is 0 Å². The van der Waals surface area contributed by atoms with Gasteiger partial charge in [-0.25, -0.2) is 4.39 Å². The molecule has 0 saturated carbocycles. The molecule has 16 heavy (non-hydrogen) atoms. The van der Waals surface area contributed by atoms with Crippen LogP contribution in [-0.4, -0.2) is 11.9 Å². The van der Waals surface area contributed by atoms with E-state index in [0.717, 1.165) is 17.3 Å². The first-order valence-electron chi connectivity index (χ1n) is 5.42. The summed E-state index contributed by atoms with van der Waals surface area (Å²) in [5.41, 5.74) is 0.662. The molecule has 1 unspecified atom stereocenters. The highest BCUT2D eigenvalue weighted by Crippen LogP contribution is 2.15. The Balaban J connectivity index is 2.39. The lowest BCUT2D eigenvalue weighted by molar-refractivity contribution is 0.575. The van der Waals surface area contributed by atoms with Gasteiger partial charge in [0.2, 0.25) is 0 Å². The first kappa shape index (κ1) is 13.9. The van der Waals surface area contributed by atoms with Crippen LogP contribution in [0.1, 0.15) is 25.3 Å². The first-order chi connectivity index (χ1) is 7.63. The molecule has 90 valence electrons. The first-order valence-corrected chi connectivity index (χ1v) is 6.65. The van der Waals surface area contributed by atoms with Gasteiger partial charge < -0.3 is 5.32 Å². The third kappa shape index (κ3) is 4.81. The molecule has 0 amide bonds.